The van der Waals surface area contributed by atoms with Gasteiger partial charge in [0, 0.05) is 0 Å². The number of benzene rings is 4. The molecule has 0 aromatic heterocycles. The van der Waals surface area contributed by atoms with Gasteiger partial charge in [0.1, 0.15) is 23.0 Å². The van der Waals surface area contributed by atoms with E-state index in [-0.39, 0.29) is 28.0 Å². The van der Waals surface area contributed by atoms with Crippen molar-refractivity contribution in [1.82, 2.24) is 16.3 Å². The quantitative estimate of drug-likeness (QED) is 0.0887. The molecule has 0 bridgehead atoms. The molecule has 1 unspecified atom stereocenters. The van der Waals surface area contributed by atoms with E-state index >= 15 is 0 Å². The minimum absolute atomic E-state index is 0. The van der Waals surface area contributed by atoms with E-state index in [9.17, 15) is 31.5 Å². The number of amides is 2. The van der Waals surface area contributed by atoms with Gasteiger partial charge in [-0.15, -0.1) is 12.4 Å². The Bertz CT molecular complexity index is 1980. The highest BCUT2D eigenvalue weighted by Crippen LogP contribution is 2.34. The van der Waals surface area contributed by atoms with Gasteiger partial charge in [-0.3, -0.25) is 20.0 Å². The second-order valence-electron chi connectivity index (χ2n) is 12.0. The Labute approximate surface area is 308 Å². The number of aliphatic hydroxyl groups is 1. The molecule has 4 aromatic carbocycles. The number of halogens is 1. The number of carbonyl (C=O) groups is 2. The molecule has 17 heteroatoms. The lowest BCUT2D eigenvalue weighted by atomic mass is 9.80. The Morgan fingerprint density at radius 2 is 1.10 bits per heavy atom. The first-order valence-corrected chi connectivity index (χ1v) is 18.9. The maximum atomic E-state index is 12.9. The molecule has 0 aliphatic carbocycles. The average molecular weight is 778 g/mol. The Hall–Kier alpha value is -4.55. The second kappa shape index (κ2) is 18.3. The first kappa shape index (κ1) is 41.9. The molecule has 1 atom stereocenters. The zero-order chi connectivity index (χ0) is 37.1. The summed E-state index contributed by atoms with van der Waals surface area (Å²) in [5.74, 6) is -0.855. The summed E-state index contributed by atoms with van der Waals surface area (Å²) < 4.78 is 61.5. The monoisotopic (exact) mass is 777 g/mol. The molecule has 1 aliphatic heterocycles. The standard InChI is InChI=1S/C19H22N2O5S.C16H17NO6S.ClH/c22-18(21-23)19(10-12-20-13-11-19)14-27(24,25)17-8-6-16(7-9-17)26-15-4-2-1-3-5-15;1-16(19,15(18)17-20)11-24(21,22)14-9-7-13(8-10-14)23-12-5-3-2-4-6-12;/h1-9,20,23H,10-14H2,(H,21,22);2-10,19-20H,11H2,1H3,(H,17,18);1H. The largest absolute Gasteiger partial charge is 0.457 e. The maximum absolute atomic E-state index is 12.9. The highest BCUT2D eigenvalue weighted by Gasteiger charge is 2.43. The molecule has 52 heavy (non-hydrogen) atoms. The van der Waals surface area contributed by atoms with Gasteiger partial charge < -0.3 is 19.9 Å². The lowest BCUT2D eigenvalue weighted by Crippen LogP contribution is -2.50. The molecule has 1 saturated heterocycles. The fourth-order valence-corrected chi connectivity index (χ4v) is 8.68. The molecule has 1 heterocycles. The molecule has 4 aromatic rings. The van der Waals surface area contributed by atoms with Gasteiger partial charge in [0.15, 0.2) is 25.3 Å². The zero-order valence-corrected chi connectivity index (χ0v) is 30.4. The first-order valence-electron chi connectivity index (χ1n) is 15.6. The van der Waals surface area contributed by atoms with Gasteiger partial charge in [-0.1, -0.05) is 36.4 Å². The molecule has 5 rings (SSSR count). The summed E-state index contributed by atoms with van der Waals surface area (Å²) in [6, 6.07) is 29.9. The molecule has 6 N–H and O–H groups in total. The third-order valence-corrected chi connectivity index (χ3v) is 11.9. The van der Waals surface area contributed by atoms with Crippen LogP contribution in [0.2, 0.25) is 0 Å². The zero-order valence-electron chi connectivity index (χ0n) is 28.0. The van der Waals surface area contributed by atoms with Crippen molar-refractivity contribution in [1.29, 1.82) is 0 Å². The Morgan fingerprint density at radius 3 is 1.50 bits per heavy atom. The topological polar surface area (TPSA) is 218 Å². The summed E-state index contributed by atoms with van der Waals surface area (Å²) in [5, 5.41) is 30.6. The molecular weight excluding hydrogens is 738 g/mol. The van der Waals surface area contributed by atoms with Crippen LogP contribution in [0.3, 0.4) is 0 Å². The molecule has 280 valence electrons. The number of para-hydroxylation sites is 2. The predicted octanol–water partition coefficient (Wildman–Crippen LogP) is 4.06. The van der Waals surface area contributed by atoms with E-state index in [1.165, 1.54) is 41.9 Å². The lowest BCUT2D eigenvalue weighted by molar-refractivity contribution is -0.144. The smallest absolute Gasteiger partial charge is 0.276 e. The number of hydrogen-bond acceptors (Lipinski definition) is 12. The van der Waals surface area contributed by atoms with Gasteiger partial charge in [0.2, 0.25) is 0 Å². The highest BCUT2D eigenvalue weighted by atomic mass is 35.5. The number of piperidine rings is 1. The molecule has 14 nitrogen and oxygen atoms in total. The molecule has 0 radical (unpaired) electrons. The van der Waals surface area contributed by atoms with Crippen LogP contribution in [0, 0.1) is 5.41 Å². The van der Waals surface area contributed by atoms with Gasteiger partial charge in [-0.05, 0) is 106 Å². The molecule has 0 saturated carbocycles. The van der Waals surface area contributed by atoms with E-state index in [1.807, 2.05) is 36.4 Å². The Kier molecular flexibility index (Phi) is 14.7. The Morgan fingerprint density at radius 1 is 0.692 bits per heavy atom. The van der Waals surface area contributed by atoms with Crippen molar-refractivity contribution in [3.63, 3.8) is 0 Å². The van der Waals surface area contributed by atoms with Gasteiger partial charge in [-0.2, -0.15) is 0 Å². The van der Waals surface area contributed by atoms with Crippen molar-refractivity contribution in [3.05, 3.63) is 109 Å². The summed E-state index contributed by atoms with van der Waals surface area (Å²) in [7, 11) is -7.66. The van der Waals surface area contributed by atoms with Crippen molar-refractivity contribution in [2.75, 3.05) is 24.6 Å². The van der Waals surface area contributed by atoms with Crippen molar-refractivity contribution >= 4 is 43.9 Å². The summed E-state index contributed by atoms with van der Waals surface area (Å²) >= 11 is 0. The molecule has 1 fully saturated rings. The van der Waals surface area contributed by atoms with E-state index in [0.29, 0.717) is 48.9 Å². The molecule has 1 aliphatic rings. The van der Waals surface area contributed by atoms with E-state index in [1.54, 1.807) is 41.9 Å². The normalized spacial score (nSPS) is 14.9. The van der Waals surface area contributed by atoms with Gasteiger partial charge in [0.25, 0.3) is 11.8 Å². The van der Waals surface area contributed by atoms with Crippen molar-refractivity contribution in [2.24, 2.45) is 5.41 Å². The van der Waals surface area contributed by atoms with E-state index in [4.69, 9.17) is 19.9 Å². The minimum Gasteiger partial charge on any atom is -0.457 e. The van der Waals surface area contributed by atoms with Crippen LogP contribution >= 0.6 is 12.4 Å². The minimum atomic E-state index is -3.94. The first-order chi connectivity index (χ1) is 24.2. The maximum Gasteiger partial charge on any atom is 0.276 e. The summed E-state index contributed by atoms with van der Waals surface area (Å²) in [6.45, 7) is 2.04. The number of nitrogens with one attached hydrogen (secondary N) is 3. The summed E-state index contributed by atoms with van der Waals surface area (Å²) in [5.41, 5.74) is -0.521. The molecular formula is C35H40ClN3O11S2. The van der Waals surface area contributed by atoms with Crippen molar-refractivity contribution in [2.45, 2.75) is 35.2 Å². The number of hydrogen-bond donors (Lipinski definition) is 6. The lowest BCUT2D eigenvalue weighted by Gasteiger charge is -2.34. The van der Waals surface area contributed by atoms with Crippen LogP contribution in [0.15, 0.2) is 119 Å². The van der Waals surface area contributed by atoms with Crippen LogP contribution in [0.4, 0.5) is 0 Å². The number of carbonyl (C=O) groups excluding carboxylic acids is 2. The van der Waals surface area contributed by atoms with E-state index in [0.717, 1.165) is 6.92 Å². The number of hydroxylamine groups is 2. The van der Waals surface area contributed by atoms with Crippen molar-refractivity contribution in [3.8, 4) is 23.0 Å². The highest BCUT2D eigenvalue weighted by molar-refractivity contribution is 7.91. The van der Waals surface area contributed by atoms with E-state index in [2.05, 4.69) is 5.32 Å². The third-order valence-electron chi connectivity index (χ3n) is 8.00. The number of ether oxygens (including phenoxy) is 2. The average Bonchev–Trinajstić information content (AvgIpc) is 3.12. The van der Waals surface area contributed by atoms with Gasteiger partial charge in [0.05, 0.1) is 26.7 Å². The fourth-order valence-electron chi connectivity index (χ4n) is 5.23. The second-order valence-corrected chi connectivity index (χ2v) is 16.0. The summed E-state index contributed by atoms with van der Waals surface area (Å²) in [4.78, 5) is 23.5. The number of rotatable bonds is 12. The van der Waals surface area contributed by atoms with Crippen LogP contribution < -0.4 is 25.8 Å². The van der Waals surface area contributed by atoms with Crippen LogP contribution in [0.5, 0.6) is 23.0 Å². The Balaban J connectivity index is 0.000000277. The third kappa shape index (κ3) is 11.2. The van der Waals surface area contributed by atoms with E-state index < -0.39 is 48.3 Å². The van der Waals surface area contributed by atoms with Crippen LogP contribution in [0.25, 0.3) is 0 Å². The molecule has 0 spiro atoms. The molecule has 2 amide bonds. The van der Waals surface area contributed by atoms with Crippen LogP contribution in [0.1, 0.15) is 19.8 Å². The SMILES string of the molecule is CC(O)(CS(=O)(=O)c1ccc(Oc2ccccc2)cc1)C(=O)NO.Cl.O=C(NO)C1(CS(=O)(=O)c2ccc(Oc3ccccc3)cc2)CCNCC1. The van der Waals surface area contributed by atoms with Gasteiger partial charge >= 0.3 is 0 Å². The van der Waals surface area contributed by atoms with Gasteiger partial charge in [-0.25, -0.2) is 27.8 Å². The summed E-state index contributed by atoms with van der Waals surface area (Å²) in [6.07, 6.45) is 0.682. The number of sulfone groups is 2. The predicted molar refractivity (Wildman–Crippen MR) is 192 cm³/mol. The van der Waals surface area contributed by atoms with Crippen LogP contribution in [-0.2, 0) is 29.3 Å². The van der Waals surface area contributed by atoms with Crippen molar-refractivity contribution < 1.29 is 51.4 Å². The fraction of sp³-hybridized carbons (Fsp3) is 0.257. The van der Waals surface area contributed by atoms with Crippen LogP contribution in [-0.4, -0.2) is 74.4 Å².